The van der Waals surface area contributed by atoms with E-state index in [0.717, 1.165) is 4.57 Å². The van der Waals surface area contributed by atoms with Gasteiger partial charge in [-0.3, -0.25) is 14.4 Å². The third kappa shape index (κ3) is 3.57. The fourth-order valence-electron chi connectivity index (χ4n) is 3.09. The minimum absolute atomic E-state index is 0.0732. The zero-order valence-electron chi connectivity index (χ0n) is 14.5. The maximum atomic E-state index is 12.6. The molecule has 0 saturated carbocycles. The van der Waals surface area contributed by atoms with Gasteiger partial charge in [0.25, 0.3) is 5.56 Å². The van der Waals surface area contributed by atoms with Crippen molar-refractivity contribution in [2.24, 2.45) is 4.99 Å². The molecule has 1 saturated heterocycles. The molecule has 2 N–H and O–H groups in total. The first-order valence-electron chi connectivity index (χ1n) is 8.15. The van der Waals surface area contributed by atoms with Crippen molar-refractivity contribution in [3.05, 3.63) is 51.3 Å². The van der Waals surface area contributed by atoms with Gasteiger partial charge in [-0.25, -0.2) is 8.42 Å². The number of phenols is 1. The van der Waals surface area contributed by atoms with Gasteiger partial charge in [0.05, 0.1) is 28.8 Å². The van der Waals surface area contributed by atoms with Gasteiger partial charge in [0.15, 0.2) is 9.84 Å². The van der Waals surface area contributed by atoms with Crippen LogP contribution < -0.4 is 5.56 Å². The number of benzene rings is 1. The van der Waals surface area contributed by atoms with Crippen molar-refractivity contribution in [2.45, 2.75) is 19.4 Å². The van der Waals surface area contributed by atoms with Crippen LogP contribution in [0.4, 0.5) is 5.69 Å². The maximum Gasteiger partial charge on any atom is 0.271 e. The molecule has 2 heterocycles. The molecule has 9 heteroatoms. The number of pyridine rings is 1. The maximum absolute atomic E-state index is 12.6. The smallest absolute Gasteiger partial charge is 0.271 e. The van der Waals surface area contributed by atoms with E-state index < -0.39 is 27.3 Å². The lowest BCUT2D eigenvalue weighted by Crippen LogP contribution is -2.29. The van der Waals surface area contributed by atoms with E-state index in [1.165, 1.54) is 25.3 Å². The van der Waals surface area contributed by atoms with Gasteiger partial charge >= 0.3 is 0 Å². The number of rotatable bonds is 3. The molecule has 3 rings (SSSR count). The van der Waals surface area contributed by atoms with Gasteiger partial charge in [0.1, 0.15) is 17.4 Å². The number of nitrogens with zero attached hydrogens (tertiary/aromatic N) is 3. The zero-order chi connectivity index (χ0) is 19.8. The van der Waals surface area contributed by atoms with E-state index in [0.29, 0.717) is 5.69 Å². The lowest BCUT2D eigenvalue weighted by atomic mass is 10.0. The SMILES string of the molecule is Cc1c(C=Nc2ccc(O)cc2)c(O)n(C2CCS(=O)(=O)C2)c(=O)c1C#N. The Morgan fingerprint density at radius 2 is 1.96 bits per heavy atom. The molecule has 27 heavy (non-hydrogen) atoms. The molecule has 0 radical (unpaired) electrons. The van der Waals surface area contributed by atoms with Crippen LogP contribution >= 0.6 is 0 Å². The van der Waals surface area contributed by atoms with Gasteiger partial charge < -0.3 is 10.2 Å². The van der Waals surface area contributed by atoms with E-state index in [1.807, 2.05) is 6.07 Å². The second-order valence-electron chi connectivity index (χ2n) is 6.36. The molecule has 1 atom stereocenters. The summed E-state index contributed by atoms with van der Waals surface area (Å²) in [6.45, 7) is 1.52. The molecular weight excluding hydrogens is 370 g/mol. The van der Waals surface area contributed by atoms with E-state index in [9.17, 15) is 28.7 Å². The average molecular weight is 387 g/mol. The van der Waals surface area contributed by atoms with Crippen molar-refractivity contribution in [1.29, 1.82) is 5.26 Å². The summed E-state index contributed by atoms with van der Waals surface area (Å²) in [5.74, 6) is -0.670. The molecule has 1 fully saturated rings. The fraction of sp³-hybridized carbons (Fsp3) is 0.278. The Labute approximate surface area is 155 Å². The number of phenolic OH excluding ortho intramolecular Hbond substituents is 1. The molecule has 140 valence electrons. The highest BCUT2D eigenvalue weighted by molar-refractivity contribution is 7.91. The molecule has 2 aromatic rings. The fourth-order valence-corrected chi connectivity index (χ4v) is 4.79. The summed E-state index contributed by atoms with van der Waals surface area (Å²) >= 11 is 0. The van der Waals surface area contributed by atoms with Crippen LogP contribution in [0.2, 0.25) is 0 Å². The van der Waals surface area contributed by atoms with Crippen LogP contribution in [0.1, 0.15) is 29.2 Å². The highest BCUT2D eigenvalue weighted by atomic mass is 32.2. The van der Waals surface area contributed by atoms with Gasteiger partial charge in [0, 0.05) is 6.21 Å². The standard InChI is InChI=1S/C18H17N3O5S/c1-11-15(8-19)17(23)21(13-6-7-27(25,26)10-13)18(24)16(11)9-20-12-2-4-14(22)5-3-12/h2-5,9,13,22,24H,6-7,10H2,1H3. The summed E-state index contributed by atoms with van der Waals surface area (Å²) in [6, 6.07) is 7.12. The molecule has 0 bridgehead atoms. The number of nitriles is 1. The molecule has 1 aliphatic rings. The summed E-state index contributed by atoms with van der Waals surface area (Å²) in [4.78, 5) is 16.8. The van der Waals surface area contributed by atoms with Crippen molar-refractivity contribution >= 4 is 21.7 Å². The Bertz CT molecular complexity index is 1130. The minimum atomic E-state index is -3.29. The lowest BCUT2D eigenvalue weighted by molar-refractivity contribution is 0.379. The molecule has 0 spiro atoms. The molecular formula is C18H17N3O5S. The molecule has 8 nitrogen and oxygen atoms in total. The van der Waals surface area contributed by atoms with Crippen molar-refractivity contribution in [3.8, 4) is 17.7 Å². The van der Waals surface area contributed by atoms with Crippen molar-refractivity contribution in [1.82, 2.24) is 4.57 Å². The van der Waals surface area contributed by atoms with Crippen LogP contribution in [0.15, 0.2) is 34.1 Å². The lowest BCUT2D eigenvalue weighted by Gasteiger charge is -2.18. The van der Waals surface area contributed by atoms with Crippen molar-refractivity contribution in [2.75, 3.05) is 11.5 Å². The molecule has 0 aliphatic carbocycles. The van der Waals surface area contributed by atoms with Crippen molar-refractivity contribution in [3.63, 3.8) is 0 Å². The topological polar surface area (TPSA) is 133 Å². The first-order chi connectivity index (χ1) is 12.7. The second kappa shape index (κ2) is 6.89. The predicted octanol–water partition coefficient (Wildman–Crippen LogP) is 1.55. The van der Waals surface area contributed by atoms with Crippen LogP contribution in [0.25, 0.3) is 0 Å². The Kier molecular flexibility index (Phi) is 4.76. The quantitative estimate of drug-likeness (QED) is 0.768. The van der Waals surface area contributed by atoms with Crippen LogP contribution in [0.5, 0.6) is 11.6 Å². The third-order valence-electron chi connectivity index (χ3n) is 4.56. The number of hydrogen-bond acceptors (Lipinski definition) is 7. The zero-order valence-corrected chi connectivity index (χ0v) is 15.3. The minimum Gasteiger partial charge on any atom is -0.508 e. The van der Waals surface area contributed by atoms with Gasteiger partial charge in [-0.05, 0) is 43.2 Å². The van der Waals surface area contributed by atoms with E-state index >= 15 is 0 Å². The van der Waals surface area contributed by atoms with Crippen molar-refractivity contribution < 1.29 is 18.6 Å². The summed E-state index contributed by atoms with van der Waals surface area (Å²) < 4.78 is 24.5. The van der Waals surface area contributed by atoms with E-state index in [-0.39, 0.29) is 40.4 Å². The van der Waals surface area contributed by atoms with E-state index in [2.05, 4.69) is 4.99 Å². The molecule has 1 aromatic carbocycles. The number of sulfone groups is 1. The van der Waals surface area contributed by atoms with Gasteiger partial charge in [-0.1, -0.05) is 0 Å². The summed E-state index contributed by atoms with van der Waals surface area (Å²) in [5.41, 5.74) is 0.0510. The largest absolute Gasteiger partial charge is 0.508 e. The third-order valence-corrected chi connectivity index (χ3v) is 6.31. The number of aliphatic imine (C=N–C) groups is 1. The monoisotopic (exact) mass is 387 g/mol. The molecule has 1 unspecified atom stereocenters. The second-order valence-corrected chi connectivity index (χ2v) is 8.58. The van der Waals surface area contributed by atoms with Gasteiger partial charge in [-0.15, -0.1) is 0 Å². The first kappa shape index (κ1) is 18.7. The van der Waals surface area contributed by atoms with Crippen LogP contribution in [0.3, 0.4) is 0 Å². The van der Waals surface area contributed by atoms with Crippen LogP contribution in [-0.4, -0.2) is 40.9 Å². The number of hydrogen-bond donors (Lipinski definition) is 2. The van der Waals surface area contributed by atoms with E-state index in [4.69, 9.17) is 0 Å². The Morgan fingerprint density at radius 1 is 1.30 bits per heavy atom. The molecule has 1 aromatic heterocycles. The van der Waals surface area contributed by atoms with Gasteiger partial charge in [-0.2, -0.15) is 5.26 Å². The molecule has 0 amide bonds. The first-order valence-corrected chi connectivity index (χ1v) is 9.97. The highest BCUT2D eigenvalue weighted by Gasteiger charge is 2.33. The Morgan fingerprint density at radius 3 is 2.52 bits per heavy atom. The normalized spacial score (nSPS) is 18.6. The summed E-state index contributed by atoms with van der Waals surface area (Å²) in [5, 5.41) is 29.3. The Balaban J connectivity index is 2.14. The van der Waals surface area contributed by atoms with Crippen LogP contribution in [-0.2, 0) is 9.84 Å². The van der Waals surface area contributed by atoms with Crippen LogP contribution in [0, 0.1) is 18.3 Å². The summed E-state index contributed by atoms with van der Waals surface area (Å²) in [6.07, 6.45) is 1.51. The molecule has 1 aliphatic heterocycles. The van der Waals surface area contributed by atoms with Gasteiger partial charge in [0.2, 0.25) is 5.88 Å². The number of aromatic nitrogens is 1. The average Bonchev–Trinajstić information content (AvgIpc) is 2.96. The predicted molar refractivity (Wildman–Crippen MR) is 99.5 cm³/mol. The van der Waals surface area contributed by atoms with E-state index in [1.54, 1.807) is 12.1 Å². The Hall–Kier alpha value is -3.12. The summed E-state index contributed by atoms with van der Waals surface area (Å²) in [7, 11) is -3.29. The number of aromatic hydroxyl groups is 2. The highest BCUT2D eigenvalue weighted by Crippen LogP contribution is 2.30.